The molecule has 3 aromatic carbocycles. The maximum absolute atomic E-state index is 10.7. The highest BCUT2D eigenvalue weighted by Gasteiger charge is 2.08. The van der Waals surface area contributed by atoms with E-state index in [9.17, 15) is 10.1 Å². The van der Waals surface area contributed by atoms with E-state index in [1.54, 1.807) is 25.5 Å². The maximum atomic E-state index is 10.7. The lowest BCUT2D eigenvalue weighted by Gasteiger charge is -2.11. The molecule has 3 rings (SSSR count). The fraction of sp³-hybridized carbons (Fsp3) is 0.174. The van der Waals surface area contributed by atoms with Crippen molar-refractivity contribution in [3.63, 3.8) is 0 Å². The van der Waals surface area contributed by atoms with Gasteiger partial charge >= 0.3 is 0 Å². The second-order valence-electron chi connectivity index (χ2n) is 6.31. The minimum absolute atomic E-state index is 0.0486. The molecule has 0 bridgehead atoms. The smallest absolute Gasteiger partial charge is 0.269 e. The van der Waals surface area contributed by atoms with Crippen molar-refractivity contribution in [1.29, 1.82) is 0 Å². The van der Waals surface area contributed by atoms with Crippen molar-refractivity contribution < 1.29 is 19.1 Å². The number of hydrogen-bond donors (Lipinski definition) is 0. The molecular formula is C23H22N2O5. The Bertz CT molecular complexity index is 1010. The zero-order valence-corrected chi connectivity index (χ0v) is 16.8. The van der Waals surface area contributed by atoms with E-state index in [2.05, 4.69) is 4.99 Å². The van der Waals surface area contributed by atoms with Crippen LogP contribution in [-0.2, 0) is 6.61 Å². The Hall–Kier alpha value is -3.87. The molecule has 0 unspecified atom stereocenters. The van der Waals surface area contributed by atoms with Crippen molar-refractivity contribution in [2.45, 2.75) is 13.5 Å². The van der Waals surface area contributed by atoms with E-state index in [1.807, 2.05) is 49.4 Å². The molecular weight excluding hydrogens is 384 g/mol. The van der Waals surface area contributed by atoms with Gasteiger partial charge in [0.1, 0.15) is 12.4 Å². The fourth-order valence-corrected chi connectivity index (χ4v) is 2.70. The monoisotopic (exact) mass is 406 g/mol. The molecule has 0 aliphatic carbocycles. The summed E-state index contributed by atoms with van der Waals surface area (Å²) in [7, 11) is 1.57. The Balaban J connectivity index is 1.65. The fourth-order valence-electron chi connectivity index (χ4n) is 2.70. The molecule has 0 spiro atoms. The van der Waals surface area contributed by atoms with Gasteiger partial charge in [-0.2, -0.15) is 0 Å². The Morgan fingerprint density at radius 3 is 2.33 bits per heavy atom. The van der Waals surface area contributed by atoms with Crippen molar-refractivity contribution in [3.05, 3.63) is 88.0 Å². The van der Waals surface area contributed by atoms with Gasteiger partial charge in [-0.3, -0.25) is 15.1 Å². The number of nitro groups is 1. The third-order valence-corrected chi connectivity index (χ3v) is 4.24. The number of nitro benzene ring substituents is 1. The van der Waals surface area contributed by atoms with E-state index >= 15 is 0 Å². The van der Waals surface area contributed by atoms with E-state index in [-0.39, 0.29) is 12.3 Å². The van der Waals surface area contributed by atoms with Gasteiger partial charge in [0.15, 0.2) is 11.5 Å². The normalized spacial score (nSPS) is 10.7. The highest BCUT2D eigenvalue weighted by Crippen LogP contribution is 2.29. The summed E-state index contributed by atoms with van der Waals surface area (Å²) in [4.78, 5) is 14.8. The first-order chi connectivity index (χ1) is 14.6. The Labute approximate surface area is 174 Å². The maximum Gasteiger partial charge on any atom is 0.269 e. The predicted molar refractivity (Wildman–Crippen MR) is 115 cm³/mol. The van der Waals surface area contributed by atoms with Gasteiger partial charge in [0.2, 0.25) is 0 Å². The summed E-state index contributed by atoms with van der Waals surface area (Å²) in [5.74, 6) is 1.97. The van der Waals surface area contributed by atoms with Crippen LogP contribution < -0.4 is 14.2 Å². The molecule has 0 aliphatic rings. The predicted octanol–water partition coefficient (Wildman–Crippen LogP) is 5.33. The lowest BCUT2D eigenvalue weighted by Crippen LogP contribution is -1.99. The largest absolute Gasteiger partial charge is 0.494 e. The number of nitrogens with zero attached hydrogens (tertiary/aromatic N) is 2. The highest BCUT2D eigenvalue weighted by molar-refractivity contribution is 5.83. The first kappa shape index (κ1) is 20.9. The van der Waals surface area contributed by atoms with Gasteiger partial charge in [-0.25, -0.2) is 0 Å². The SMILES string of the molecule is CCOc1ccc(N=Cc2ccc(OCc3ccc([N+](=O)[O-])cc3)c(OC)c2)cc1. The molecule has 154 valence electrons. The van der Waals surface area contributed by atoms with Gasteiger partial charge in [-0.1, -0.05) is 0 Å². The van der Waals surface area contributed by atoms with E-state index in [4.69, 9.17) is 14.2 Å². The van der Waals surface area contributed by atoms with Crippen LogP contribution in [0.5, 0.6) is 17.2 Å². The van der Waals surface area contributed by atoms with Crippen LogP contribution in [0.15, 0.2) is 71.7 Å². The molecule has 0 fully saturated rings. The zero-order valence-electron chi connectivity index (χ0n) is 16.8. The molecule has 0 N–H and O–H groups in total. The summed E-state index contributed by atoms with van der Waals surface area (Å²) < 4.78 is 16.7. The van der Waals surface area contributed by atoms with Crippen molar-refractivity contribution in [2.75, 3.05) is 13.7 Å². The topological polar surface area (TPSA) is 83.2 Å². The Morgan fingerprint density at radius 2 is 1.70 bits per heavy atom. The van der Waals surface area contributed by atoms with Crippen molar-refractivity contribution in [2.24, 2.45) is 4.99 Å². The van der Waals surface area contributed by atoms with Crippen LogP contribution in [0.3, 0.4) is 0 Å². The number of hydrogen-bond acceptors (Lipinski definition) is 6. The molecule has 3 aromatic rings. The zero-order chi connectivity index (χ0) is 21.3. The number of benzene rings is 3. The second-order valence-corrected chi connectivity index (χ2v) is 6.31. The van der Waals surface area contributed by atoms with Gasteiger partial charge in [0.25, 0.3) is 5.69 Å². The number of ether oxygens (including phenoxy) is 3. The third kappa shape index (κ3) is 5.57. The molecule has 0 radical (unpaired) electrons. The lowest BCUT2D eigenvalue weighted by atomic mass is 10.2. The molecule has 0 saturated heterocycles. The molecule has 0 saturated carbocycles. The molecule has 0 atom stereocenters. The first-order valence-corrected chi connectivity index (χ1v) is 9.40. The summed E-state index contributed by atoms with van der Waals surface area (Å²) >= 11 is 0. The standard InChI is InChI=1S/C23H22N2O5/c1-3-29-21-11-7-19(8-12-21)24-15-18-6-13-22(23(14-18)28-2)30-16-17-4-9-20(10-5-17)25(26)27/h4-15H,3,16H2,1-2H3. The van der Waals surface area contributed by atoms with Gasteiger partial charge < -0.3 is 14.2 Å². The number of methoxy groups -OCH3 is 1. The summed E-state index contributed by atoms with van der Waals surface area (Å²) in [5, 5.41) is 10.7. The number of rotatable bonds is 9. The van der Waals surface area contributed by atoms with Crippen LogP contribution in [0.2, 0.25) is 0 Å². The summed E-state index contributed by atoms with van der Waals surface area (Å²) in [6.45, 7) is 2.84. The van der Waals surface area contributed by atoms with Gasteiger partial charge in [-0.05, 0) is 72.6 Å². The van der Waals surface area contributed by atoms with E-state index in [1.165, 1.54) is 12.1 Å². The minimum Gasteiger partial charge on any atom is -0.494 e. The highest BCUT2D eigenvalue weighted by atomic mass is 16.6. The molecule has 7 nitrogen and oxygen atoms in total. The van der Waals surface area contributed by atoms with Crippen LogP contribution in [0.25, 0.3) is 0 Å². The lowest BCUT2D eigenvalue weighted by molar-refractivity contribution is -0.384. The summed E-state index contributed by atoms with van der Waals surface area (Å²) in [6.07, 6.45) is 1.75. The Kier molecular flexibility index (Phi) is 7.00. The van der Waals surface area contributed by atoms with Crippen LogP contribution >= 0.6 is 0 Å². The van der Waals surface area contributed by atoms with E-state index in [0.717, 1.165) is 22.6 Å². The first-order valence-electron chi connectivity index (χ1n) is 9.40. The molecule has 0 aromatic heterocycles. The molecule has 30 heavy (non-hydrogen) atoms. The van der Waals surface area contributed by atoms with Crippen LogP contribution in [0.1, 0.15) is 18.1 Å². The quantitative estimate of drug-likeness (QED) is 0.272. The molecule has 0 aliphatic heterocycles. The second kappa shape index (κ2) is 10.1. The van der Waals surface area contributed by atoms with Crippen molar-refractivity contribution in [3.8, 4) is 17.2 Å². The van der Waals surface area contributed by atoms with Crippen molar-refractivity contribution >= 4 is 17.6 Å². The van der Waals surface area contributed by atoms with Gasteiger partial charge in [0.05, 0.1) is 24.3 Å². The average Bonchev–Trinajstić information content (AvgIpc) is 2.78. The van der Waals surface area contributed by atoms with Gasteiger partial charge in [-0.15, -0.1) is 0 Å². The van der Waals surface area contributed by atoms with Gasteiger partial charge in [0, 0.05) is 18.3 Å². The van der Waals surface area contributed by atoms with Crippen LogP contribution in [0.4, 0.5) is 11.4 Å². The van der Waals surface area contributed by atoms with E-state index < -0.39 is 4.92 Å². The number of non-ortho nitro benzene ring substituents is 1. The van der Waals surface area contributed by atoms with Crippen LogP contribution in [-0.4, -0.2) is 24.9 Å². The summed E-state index contributed by atoms with van der Waals surface area (Å²) in [6, 6.07) is 19.3. The molecule has 0 heterocycles. The third-order valence-electron chi connectivity index (χ3n) is 4.24. The number of aliphatic imine (C=N–C) groups is 1. The van der Waals surface area contributed by atoms with Crippen molar-refractivity contribution in [1.82, 2.24) is 0 Å². The van der Waals surface area contributed by atoms with E-state index in [0.29, 0.717) is 18.1 Å². The molecule has 0 amide bonds. The average molecular weight is 406 g/mol. The minimum atomic E-state index is -0.429. The van der Waals surface area contributed by atoms with Crippen LogP contribution in [0, 0.1) is 10.1 Å². The Morgan fingerprint density at radius 1 is 0.967 bits per heavy atom. The molecule has 7 heteroatoms. The summed E-state index contributed by atoms with van der Waals surface area (Å²) in [5.41, 5.74) is 2.55.